The van der Waals surface area contributed by atoms with E-state index in [-0.39, 0.29) is 5.91 Å². The average Bonchev–Trinajstić information content (AvgIpc) is 2.97. The quantitative estimate of drug-likeness (QED) is 0.592. The van der Waals surface area contributed by atoms with Crippen LogP contribution in [0.15, 0.2) is 35.1 Å². The number of amides is 1. The first kappa shape index (κ1) is 15.9. The van der Waals surface area contributed by atoms with Crippen molar-refractivity contribution in [2.24, 2.45) is 0 Å². The Morgan fingerprint density at radius 3 is 2.92 bits per heavy atom. The summed E-state index contributed by atoms with van der Waals surface area (Å²) >= 11 is 15.6. The number of carbonyl (C=O) groups is 1. The molecular weight excluding hydrogens is 415 g/mol. The second-order valence-corrected chi connectivity index (χ2v) is 7.36. The molecule has 0 saturated heterocycles. The van der Waals surface area contributed by atoms with Crippen molar-refractivity contribution in [3.05, 3.63) is 62.1 Å². The van der Waals surface area contributed by atoms with E-state index in [1.165, 1.54) is 4.52 Å². The second kappa shape index (κ2) is 6.02. The highest BCUT2D eigenvalue weighted by atomic mass is 79.9. The number of nitrogens with zero attached hydrogens (tertiary/aromatic N) is 4. The van der Waals surface area contributed by atoms with E-state index in [1.54, 1.807) is 29.4 Å². The van der Waals surface area contributed by atoms with Crippen LogP contribution in [0.5, 0.6) is 0 Å². The maximum absolute atomic E-state index is 12.8. The average molecular weight is 426 g/mol. The Balaban J connectivity index is 1.66. The zero-order valence-electron chi connectivity index (χ0n) is 12.3. The van der Waals surface area contributed by atoms with Crippen molar-refractivity contribution in [1.82, 2.24) is 19.5 Å². The first-order chi connectivity index (χ1) is 11.5. The molecule has 1 aliphatic rings. The van der Waals surface area contributed by atoms with Crippen LogP contribution < -0.4 is 0 Å². The van der Waals surface area contributed by atoms with Crippen LogP contribution in [0.3, 0.4) is 0 Å². The lowest BCUT2D eigenvalue weighted by atomic mass is 10.1. The molecule has 0 radical (unpaired) electrons. The topological polar surface area (TPSA) is 50.5 Å². The van der Waals surface area contributed by atoms with Gasteiger partial charge in [-0.25, -0.2) is 4.52 Å². The molecule has 0 saturated carbocycles. The number of pyridine rings is 2. The summed E-state index contributed by atoms with van der Waals surface area (Å²) in [6.45, 7) is 1.13. The summed E-state index contributed by atoms with van der Waals surface area (Å²) in [4.78, 5) is 19.0. The van der Waals surface area contributed by atoms with Gasteiger partial charge >= 0.3 is 0 Å². The van der Waals surface area contributed by atoms with Gasteiger partial charge in [-0.05, 0) is 39.7 Å². The van der Waals surface area contributed by atoms with Crippen molar-refractivity contribution in [2.75, 3.05) is 6.54 Å². The van der Waals surface area contributed by atoms with E-state index in [4.69, 9.17) is 23.2 Å². The number of hydrogen-bond acceptors (Lipinski definition) is 3. The summed E-state index contributed by atoms with van der Waals surface area (Å²) < 4.78 is 2.44. The zero-order valence-corrected chi connectivity index (χ0v) is 15.4. The van der Waals surface area contributed by atoms with E-state index in [1.807, 2.05) is 6.07 Å². The molecule has 5 nitrogen and oxygen atoms in total. The van der Waals surface area contributed by atoms with Crippen LogP contribution >= 0.6 is 39.1 Å². The van der Waals surface area contributed by atoms with Crippen molar-refractivity contribution >= 4 is 50.6 Å². The molecule has 0 aliphatic carbocycles. The lowest BCUT2D eigenvalue weighted by Gasteiger charge is -2.27. The van der Waals surface area contributed by atoms with Gasteiger partial charge in [0, 0.05) is 42.1 Å². The van der Waals surface area contributed by atoms with Gasteiger partial charge in [0.15, 0.2) is 5.69 Å². The maximum atomic E-state index is 12.8. The van der Waals surface area contributed by atoms with E-state index in [2.05, 4.69) is 26.0 Å². The normalized spacial score (nSPS) is 14.0. The highest BCUT2D eigenvalue weighted by Crippen LogP contribution is 2.25. The smallest absolute Gasteiger partial charge is 0.274 e. The second-order valence-electron chi connectivity index (χ2n) is 5.60. The van der Waals surface area contributed by atoms with Crippen LogP contribution in [0.1, 0.15) is 21.7 Å². The van der Waals surface area contributed by atoms with Crippen molar-refractivity contribution in [3.8, 4) is 0 Å². The fraction of sp³-hybridized carbons (Fsp3) is 0.188. The van der Waals surface area contributed by atoms with Crippen LogP contribution in [-0.4, -0.2) is 31.9 Å². The summed E-state index contributed by atoms with van der Waals surface area (Å²) in [5, 5.41) is 5.25. The molecule has 1 aliphatic heterocycles. The number of halogens is 3. The highest BCUT2D eigenvalue weighted by molar-refractivity contribution is 9.10. The molecule has 4 rings (SSSR count). The third-order valence-electron chi connectivity index (χ3n) is 4.00. The standard InChI is InChI=1S/C16H11BrCl2N4O/c17-10-3-9-7-22(2-1-13(9)20-6-10)16(24)14-5-15-12(19)4-11(18)8-23(15)21-14/h3-6,8H,1-2,7H2. The first-order valence-electron chi connectivity index (χ1n) is 7.28. The van der Waals surface area contributed by atoms with Gasteiger partial charge in [0.05, 0.1) is 15.6 Å². The monoisotopic (exact) mass is 424 g/mol. The van der Waals surface area contributed by atoms with Gasteiger partial charge in [-0.2, -0.15) is 5.10 Å². The van der Waals surface area contributed by atoms with Crippen LogP contribution in [0, 0.1) is 0 Å². The molecule has 122 valence electrons. The first-order valence-corrected chi connectivity index (χ1v) is 8.83. The van der Waals surface area contributed by atoms with Crippen molar-refractivity contribution in [1.29, 1.82) is 0 Å². The molecule has 0 fully saturated rings. The Hall–Kier alpha value is -1.63. The molecule has 0 N–H and O–H groups in total. The molecule has 0 atom stereocenters. The van der Waals surface area contributed by atoms with E-state index in [9.17, 15) is 4.79 Å². The van der Waals surface area contributed by atoms with E-state index in [0.717, 1.165) is 22.2 Å². The van der Waals surface area contributed by atoms with Gasteiger partial charge in [0.2, 0.25) is 0 Å². The van der Waals surface area contributed by atoms with Gasteiger partial charge in [-0.3, -0.25) is 9.78 Å². The third kappa shape index (κ3) is 2.79. The molecule has 0 bridgehead atoms. The molecular formula is C16H11BrCl2N4O. The number of aromatic nitrogens is 3. The largest absolute Gasteiger partial charge is 0.332 e. The Morgan fingerprint density at radius 2 is 2.08 bits per heavy atom. The molecule has 3 aromatic rings. The predicted molar refractivity (Wildman–Crippen MR) is 95.6 cm³/mol. The fourth-order valence-electron chi connectivity index (χ4n) is 2.86. The summed E-state index contributed by atoms with van der Waals surface area (Å²) in [5.74, 6) is -0.128. The van der Waals surface area contributed by atoms with Crippen molar-refractivity contribution < 1.29 is 4.79 Å². The number of hydrogen-bond donors (Lipinski definition) is 0. The molecule has 0 unspecified atom stereocenters. The third-order valence-corrected chi connectivity index (χ3v) is 4.95. The van der Waals surface area contributed by atoms with Gasteiger partial charge < -0.3 is 4.90 Å². The van der Waals surface area contributed by atoms with Crippen LogP contribution in [0.25, 0.3) is 5.52 Å². The van der Waals surface area contributed by atoms with Gasteiger partial charge in [-0.1, -0.05) is 23.2 Å². The summed E-state index contributed by atoms with van der Waals surface area (Å²) in [5.41, 5.74) is 3.10. The van der Waals surface area contributed by atoms with Crippen LogP contribution in [0.2, 0.25) is 10.0 Å². The van der Waals surface area contributed by atoms with E-state index < -0.39 is 0 Å². The Morgan fingerprint density at radius 1 is 1.25 bits per heavy atom. The van der Waals surface area contributed by atoms with E-state index in [0.29, 0.717) is 34.3 Å². The highest BCUT2D eigenvalue weighted by Gasteiger charge is 2.25. The summed E-state index contributed by atoms with van der Waals surface area (Å²) in [6, 6.07) is 5.33. The predicted octanol–water partition coefficient (Wildman–Crippen LogP) is 4.00. The zero-order chi connectivity index (χ0) is 16.8. The minimum absolute atomic E-state index is 0.128. The Labute approximate surface area is 156 Å². The Kier molecular flexibility index (Phi) is 3.98. The van der Waals surface area contributed by atoms with Gasteiger partial charge in [0.25, 0.3) is 5.91 Å². The summed E-state index contributed by atoms with van der Waals surface area (Å²) in [7, 11) is 0. The van der Waals surface area contributed by atoms with Crippen molar-refractivity contribution in [2.45, 2.75) is 13.0 Å². The molecule has 8 heteroatoms. The Bertz CT molecular complexity index is 972. The molecule has 0 aromatic carbocycles. The molecule has 24 heavy (non-hydrogen) atoms. The minimum atomic E-state index is -0.128. The minimum Gasteiger partial charge on any atom is -0.332 e. The number of fused-ring (bicyclic) bond motifs is 2. The molecule has 0 spiro atoms. The van der Waals surface area contributed by atoms with Crippen LogP contribution in [0.4, 0.5) is 0 Å². The number of rotatable bonds is 1. The lowest BCUT2D eigenvalue weighted by molar-refractivity contribution is 0.0727. The molecule has 3 aromatic heterocycles. The van der Waals surface area contributed by atoms with Gasteiger partial charge in [-0.15, -0.1) is 0 Å². The number of carbonyl (C=O) groups excluding carboxylic acids is 1. The maximum Gasteiger partial charge on any atom is 0.274 e. The SMILES string of the molecule is O=C(c1cc2c(Cl)cc(Cl)cn2n1)N1CCc2ncc(Br)cc2C1. The van der Waals surface area contributed by atoms with E-state index >= 15 is 0 Å². The van der Waals surface area contributed by atoms with Crippen LogP contribution in [-0.2, 0) is 13.0 Å². The summed E-state index contributed by atoms with van der Waals surface area (Å²) in [6.07, 6.45) is 4.14. The lowest BCUT2D eigenvalue weighted by Crippen LogP contribution is -2.36. The fourth-order valence-corrected chi connectivity index (χ4v) is 3.75. The van der Waals surface area contributed by atoms with Crippen molar-refractivity contribution in [3.63, 3.8) is 0 Å². The molecule has 4 heterocycles. The van der Waals surface area contributed by atoms with Gasteiger partial charge in [0.1, 0.15) is 0 Å². The molecule has 1 amide bonds.